The number of rotatable bonds is 6. The zero-order chi connectivity index (χ0) is 30.0. The molecule has 0 bridgehead atoms. The van der Waals surface area contributed by atoms with E-state index in [1.165, 1.54) is 7.11 Å². The van der Waals surface area contributed by atoms with Crippen LogP contribution < -0.4 is 30.7 Å². The molecule has 0 unspecified atom stereocenters. The number of halogens is 3. The Balaban J connectivity index is 1.57. The van der Waals surface area contributed by atoms with E-state index in [9.17, 15) is 22.8 Å². The molecular weight excluding hydrogens is 555 g/mol. The van der Waals surface area contributed by atoms with Crippen LogP contribution in [-0.4, -0.2) is 79.4 Å². The lowest BCUT2D eigenvalue weighted by atomic mass is 10.0. The molecule has 1 amide bonds. The Morgan fingerprint density at radius 3 is 2.36 bits per heavy atom. The first-order valence-corrected chi connectivity index (χ1v) is 13.5. The molecule has 0 radical (unpaired) electrons. The third kappa shape index (κ3) is 6.34. The largest absolute Gasteiger partial charge is 0.496 e. The fourth-order valence-electron chi connectivity index (χ4n) is 5.32. The van der Waals surface area contributed by atoms with Gasteiger partial charge >= 0.3 is 6.18 Å². The number of H-pyrrole nitrogens is 1. The predicted molar refractivity (Wildman–Crippen MR) is 151 cm³/mol. The number of pyridine rings is 1. The summed E-state index contributed by atoms with van der Waals surface area (Å²) in [5, 5.41) is 6.11. The van der Waals surface area contributed by atoms with Crippen molar-refractivity contribution in [3.63, 3.8) is 0 Å². The maximum Gasteiger partial charge on any atom is 0.417 e. The molecule has 2 aliphatic rings. The van der Waals surface area contributed by atoms with E-state index in [1.54, 1.807) is 24.5 Å². The van der Waals surface area contributed by atoms with Crippen LogP contribution >= 0.6 is 0 Å². The number of piperazine rings is 1. The van der Waals surface area contributed by atoms with E-state index >= 15 is 0 Å². The molecule has 3 N–H and O–H groups in total. The second kappa shape index (κ2) is 12.0. The molecule has 2 aromatic heterocycles. The lowest BCUT2D eigenvalue weighted by molar-refractivity contribution is -0.138. The standard InChI is InChI=1S/C28H32F3N7O4/c1-16-14-38(15-17(2)35-16)23-10-24(41-3)19(18-11-33-27(34-12-18)37-4-6-42-7-5-37)8-22(23)36-26(40)20-13-32-25(39)9-21(20)28(29,30)31/h8-13,16-17,35H,4-7,14-15H2,1-3H3,(H,32,39)(H,36,40)/t16-,17+. The number of nitrogens with zero attached hydrogens (tertiary/aromatic N) is 4. The summed E-state index contributed by atoms with van der Waals surface area (Å²) in [4.78, 5) is 40.2. The number of nitrogens with one attached hydrogen (secondary N) is 3. The number of morpholine rings is 1. The van der Waals surface area contributed by atoms with Crippen molar-refractivity contribution in [2.75, 3.05) is 61.6 Å². The smallest absolute Gasteiger partial charge is 0.417 e. The number of aromatic amines is 1. The molecule has 0 saturated carbocycles. The van der Waals surface area contributed by atoms with Gasteiger partial charge in [0.15, 0.2) is 0 Å². The number of ether oxygens (including phenoxy) is 2. The van der Waals surface area contributed by atoms with Crippen LogP contribution in [0.2, 0.25) is 0 Å². The van der Waals surface area contributed by atoms with Gasteiger partial charge in [-0.1, -0.05) is 0 Å². The third-order valence-electron chi connectivity index (χ3n) is 7.18. The molecule has 11 nitrogen and oxygen atoms in total. The highest BCUT2D eigenvalue weighted by molar-refractivity contribution is 6.07. The minimum absolute atomic E-state index is 0.111. The molecule has 224 valence electrons. The Bertz CT molecular complexity index is 1480. The van der Waals surface area contributed by atoms with Crippen LogP contribution in [-0.2, 0) is 10.9 Å². The lowest BCUT2D eigenvalue weighted by Gasteiger charge is -2.38. The van der Waals surface area contributed by atoms with Crippen LogP contribution in [0, 0.1) is 0 Å². The van der Waals surface area contributed by atoms with E-state index in [4.69, 9.17) is 9.47 Å². The van der Waals surface area contributed by atoms with Gasteiger partial charge in [-0.05, 0) is 19.9 Å². The van der Waals surface area contributed by atoms with Crippen LogP contribution in [0.15, 0.2) is 41.6 Å². The number of amides is 1. The third-order valence-corrected chi connectivity index (χ3v) is 7.18. The van der Waals surface area contributed by atoms with Gasteiger partial charge in [0.05, 0.1) is 42.8 Å². The zero-order valence-corrected chi connectivity index (χ0v) is 23.4. The molecule has 2 atom stereocenters. The second-order valence-electron chi connectivity index (χ2n) is 10.4. The summed E-state index contributed by atoms with van der Waals surface area (Å²) in [7, 11) is 1.52. The Morgan fingerprint density at radius 1 is 1.07 bits per heavy atom. The van der Waals surface area contributed by atoms with Gasteiger partial charge in [0.2, 0.25) is 11.5 Å². The highest BCUT2D eigenvalue weighted by Gasteiger charge is 2.36. The molecule has 4 heterocycles. The van der Waals surface area contributed by atoms with Gasteiger partial charge in [0.1, 0.15) is 5.75 Å². The average Bonchev–Trinajstić information content (AvgIpc) is 2.96. The molecule has 2 fully saturated rings. The van der Waals surface area contributed by atoms with Gasteiger partial charge in [-0.3, -0.25) is 9.59 Å². The van der Waals surface area contributed by atoms with Crippen molar-refractivity contribution in [1.29, 1.82) is 0 Å². The van der Waals surface area contributed by atoms with E-state index in [1.807, 2.05) is 23.6 Å². The topological polar surface area (TPSA) is 125 Å². The number of alkyl halides is 3. The molecule has 14 heteroatoms. The number of aromatic nitrogens is 3. The van der Waals surface area contributed by atoms with E-state index in [2.05, 4.69) is 25.6 Å². The maximum atomic E-state index is 13.7. The summed E-state index contributed by atoms with van der Waals surface area (Å²) in [5.74, 6) is 0.00313. The maximum absolute atomic E-state index is 13.7. The number of methoxy groups -OCH3 is 1. The van der Waals surface area contributed by atoms with Gasteiger partial charge < -0.3 is 34.9 Å². The number of carbonyl (C=O) groups is 1. The SMILES string of the molecule is COc1cc(N2C[C@@H](C)N[C@@H](C)C2)c(NC(=O)c2c[nH]c(=O)cc2C(F)(F)F)cc1-c1cnc(N2CCOCC2)nc1. The van der Waals surface area contributed by atoms with E-state index in [0.29, 0.717) is 74.0 Å². The average molecular weight is 588 g/mol. The number of hydrogen-bond donors (Lipinski definition) is 3. The summed E-state index contributed by atoms with van der Waals surface area (Å²) in [6.45, 7) is 7.71. The molecule has 0 spiro atoms. The first-order chi connectivity index (χ1) is 20.0. The van der Waals surface area contributed by atoms with E-state index in [0.717, 1.165) is 6.20 Å². The molecule has 2 saturated heterocycles. The van der Waals surface area contributed by atoms with Crippen LogP contribution in [0.4, 0.5) is 30.5 Å². The van der Waals surface area contributed by atoms with Crippen molar-refractivity contribution < 1.29 is 27.4 Å². The summed E-state index contributed by atoms with van der Waals surface area (Å²) >= 11 is 0. The second-order valence-corrected chi connectivity index (χ2v) is 10.4. The van der Waals surface area contributed by atoms with Crippen molar-refractivity contribution in [2.24, 2.45) is 0 Å². The quantitative estimate of drug-likeness (QED) is 0.399. The molecule has 1 aromatic carbocycles. The van der Waals surface area contributed by atoms with E-state index in [-0.39, 0.29) is 17.8 Å². The van der Waals surface area contributed by atoms with Crippen molar-refractivity contribution >= 4 is 23.2 Å². The minimum atomic E-state index is -4.90. The number of benzene rings is 1. The van der Waals surface area contributed by atoms with Crippen LogP contribution in [0.3, 0.4) is 0 Å². The predicted octanol–water partition coefficient (Wildman–Crippen LogP) is 3.13. The van der Waals surface area contributed by atoms with Crippen molar-refractivity contribution in [3.05, 3.63) is 58.3 Å². The molecule has 0 aliphatic carbocycles. The summed E-state index contributed by atoms with van der Waals surface area (Å²) in [5.41, 5.74) is -1.01. The van der Waals surface area contributed by atoms with Gasteiger partial charge in [-0.15, -0.1) is 0 Å². The highest BCUT2D eigenvalue weighted by atomic mass is 19.4. The first-order valence-electron chi connectivity index (χ1n) is 13.5. The normalized spacial score (nSPS) is 19.5. The first kappa shape index (κ1) is 29.3. The summed E-state index contributed by atoms with van der Waals surface area (Å²) in [6, 6.07) is 4.00. The minimum Gasteiger partial charge on any atom is -0.496 e. The van der Waals surface area contributed by atoms with E-state index < -0.39 is 28.8 Å². The molecule has 5 rings (SSSR count). The molecule has 3 aromatic rings. The Labute approximate surface area is 240 Å². The van der Waals surface area contributed by atoms with Crippen molar-refractivity contribution in [3.8, 4) is 16.9 Å². The Kier molecular flexibility index (Phi) is 8.36. The van der Waals surface area contributed by atoms with Crippen LogP contribution in [0.5, 0.6) is 5.75 Å². The van der Waals surface area contributed by atoms with Gasteiger partial charge in [0.25, 0.3) is 5.91 Å². The molecule has 42 heavy (non-hydrogen) atoms. The highest BCUT2D eigenvalue weighted by Crippen LogP contribution is 2.40. The number of carbonyl (C=O) groups excluding carboxylic acids is 1. The van der Waals surface area contributed by atoms with Gasteiger partial charge in [0, 0.05) is 80.1 Å². The van der Waals surface area contributed by atoms with Gasteiger partial charge in [-0.2, -0.15) is 13.2 Å². The van der Waals surface area contributed by atoms with Crippen molar-refractivity contribution in [1.82, 2.24) is 20.3 Å². The van der Waals surface area contributed by atoms with Crippen LogP contribution in [0.1, 0.15) is 29.8 Å². The Morgan fingerprint density at radius 2 is 1.74 bits per heavy atom. The molecular formula is C28H32F3N7O4. The number of hydrogen-bond acceptors (Lipinski definition) is 9. The van der Waals surface area contributed by atoms with Gasteiger partial charge in [-0.25, -0.2) is 9.97 Å². The fraction of sp³-hybridized carbons (Fsp3) is 0.429. The molecule has 2 aliphatic heterocycles. The van der Waals surface area contributed by atoms with Crippen LogP contribution in [0.25, 0.3) is 11.1 Å². The zero-order valence-electron chi connectivity index (χ0n) is 23.4. The Hall–Kier alpha value is -4.17. The fourth-order valence-corrected chi connectivity index (χ4v) is 5.32. The lowest BCUT2D eigenvalue weighted by Crippen LogP contribution is -2.54. The summed E-state index contributed by atoms with van der Waals surface area (Å²) in [6.07, 6.45) is -0.852. The summed E-state index contributed by atoms with van der Waals surface area (Å²) < 4.78 is 52.4. The monoisotopic (exact) mass is 587 g/mol. The van der Waals surface area contributed by atoms with Crippen molar-refractivity contribution in [2.45, 2.75) is 32.1 Å². The number of anilines is 3.